The van der Waals surface area contributed by atoms with Gasteiger partial charge in [-0.25, -0.2) is 0 Å². The highest BCUT2D eigenvalue weighted by Crippen LogP contribution is 2.20. The molecule has 0 aliphatic rings. The number of ether oxygens (including phenoxy) is 2. The van der Waals surface area contributed by atoms with Gasteiger partial charge < -0.3 is 9.47 Å². The molecule has 0 aliphatic heterocycles. The van der Waals surface area contributed by atoms with Crippen LogP contribution in [0.3, 0.4) is 0 Å². The smallest absolute Gasteiger partial charge is 0.245 e. The Balaban J connectivity index is 2.73. The molecule has 1 aromatic carbocycles. The van der Waals surface area contributed by atoms with E-state index in [0.717, 1.165) is 5.75 Å². The van der Waals surface area contributed by atoms with Crippen LogP contribution in [0.1, 0.15) is 13.8 Å². The lowest BCUT2D eigenvalue weighted by Crippen LogP contribution is -2.29. The molecule has 0 N–H and O–H groups in total. The van der Waals surface area contributed by atoms with Crippen LogP contribution in [0.2, 0.25) is 0 Å². The highest BCUT2D eigenvalue weighted by Gasteiger charge is 2.19. The van der Waals surface area contributed by atoms with E-state index in [2.05, 4.69) is 0 Å². The molecule has 0 aromatic heterocycles. The molecule has 75 valence electrons. The summed E-state index contributed by atoms with van der Waals surface area (Å²) in [7, 11) is 1.60. The number of hydrogen-bond acceptors (Lipinski definition) is 3. The van der Waals surface area contributed by atoms with E-state index in [1.807, 2.05) is 6.29 Å². The van der Waals surface area contributed by atoms with Gasteiger partial charge in [-0.15, -0.1) is 0 Å². The molecular formula is C11H13O3. The Hall–Kier alpha value is -1.51. The van der Waals surface area contributed by atoms with E-state index in [9.17, 15) is 4.79 Å². The van der Waals surface area contributed by atoms with E-state index in [1.165, 1.54) is 0 Å². The van der Waals surface area contributed by atoms with E-state index in [4.69, 9.17) is 9.47 Å². The molecule has 0 amide bonds. The molecular weight excluding hydrogens is 180 g/mol. The molecule has 0 aliphatic carbocycles. The summed E-state index contributed by atoms with van der Waals surface area (Å²) >= 11 is 0. The van der Waals surface area contributed by atoms with E-state index in [0.29, 0.717) is 5.75 Å². The molecule has 0 fully saturated rings. The van der Waals surface area contributed by atoms with Crippen molar-refractivity contribution in [1.29, 1.82) is 0 Å². The van der Waals surface area contributed by atoms with Crippen molar-refractivity contribution in [2.45, 2.75) is 19.4 Å². The monoisotopic (exact) mass is 193 g/mol. The average molecular weight is 193 g/mol. The van der Waals surface area contributed by atoms with Crippen LogP contribution in [-0.2, 0) is 4.79 Å². The summed E-state index contributed by atoms with van der Waals surface area (Å²) in [6.45, 7) is 3.31. The second-order valence-corrected chi connectivity index (χ2v) is 3.39. The van der Waals surface area contributed by atoms with Crippen molar-refractivity contribution < 1.29 is 14.3 Å². The maximum Gasteiger partial charge on any atom is 0.245 e. The van der Waals surface area contributed by atoms with Crippen LogP contribution in [0.15, 0.2) is 24.3 Å². The molecule has 3 nitrogen and oxygen atoms in total. The maximum atomic E-state index is 10.5. The minimum atomic E-state index is -0.908. The molecule has 0 heterocycles. The molecule has 1 rings (SSSR count). The van der Waals surface area contributed by atoms with Gasteiger partial charge in [0.15, 0.2) is 5.60 Å². The zero-order chi connectivity index (χ0) is 10.6. The Morgan fingerprint density at radius 1 is 1.14 bits per heavy atom. The molecule has 0 unspecified atom stereocenters. The molecule has 1 radical (unpaired) electrons. The summed E-state index contributed by atoms with van der Waals surface area (Å²) in [5, 5.41) is 0. The summed E-state index contributed by atoms with van der Waals surface area (Å²) in [5.41, 5.74) is -0.908. The van der Waals surface area contributed by atoms with Crippen LogP contribution in [0.25, 0.3) is 0 Å². The number of hydrogen-bond donors (Lipinski definition) is 0. The minimum Gasteiger partial charge on any atom is -0.497 e. The quantitative estimate of drug-likeness (QED) is 0.733. The largest absolute Gasteiger partial charge is 0.497 e. The van der Waals surface area contributed by atoms with E-state index in [-0.39, 0.29) is 0 Å². The van der Waals surface area contributed by atoms with Gasteiger partial charge >= 0.3 is 0 Å². The highest BCUT2D eigenvalue weighted by atomic mass is 16.5. The van der Waals surface area contributed by atoms with Crippen LogP contribution in [0.4, 0.5) is 0 Å². The molecule has 14 heavy (non-hydrogen) atoms. The maximum absolute atomic E-state index is 10.5. The summed E-state index contributed by atoms with van der Waals surface area (Å²) in [6, 6.07) is 7.04. The number of methoxy groups -OCH3 is 1. The van der Waals surface area contributed by atoms with Crippen molar-refractivity contribution in [3.8, 4) is 11.5 Å². The zero-order valence-corrected chi connectivity index (χ0v) is 8.53. The van der Waals surface area contributed by atoms with Crippen LogP contribution in [0.5, 0.6) is 11.5 Å². The van der Waals surface area contributed by atoms with Gasteiger partial charge in [0, 0.05) is 0 Å². The normalized spacial score (nSPS) is 10.8. The summed E-state index contributed by atoms with van der Waals surface area (Å²) in [5.74, 6) is 1.38. The molecule has 0 saturated heterocycles. The number of benzene rings is 1. The van der Waals surface area contributed by atoms with Crippen LogP contribution in [-0.4, -0.2) is 19.0 Å². The molecule has 0 saturated carbocycles. The van der Waals surface area contributed by atoms with E-state index < -0.39 is 5.60 Å². The topological polar surface area (TPSA) is 35.5 Å². The summed E-state index contributed by atoms with van der Waals surface area (Å²) < 4.78 is 10.4. The Kier molecular flexibility index (Phi) is 3.12. The van der Waals surface area contributed by atoms with Gasteiger partial charge in [0.2, 0.25) is 6.29 Å². The molecule has 3 heteroatoms. The second-order valence-electron chi connectivity index (χ2n) is 3.39. The summed E-state index contributed by atoms with van der Waals surface area (Å²) in [6.07, 6.45) is 1.81. The third-order valence-corrected chi connectivity index (χ3v) is 1.68. The third-order valence-electron chi connectivity index (χ3n) is 1.68. The fraction of sp³-hybridized carbons (Fsp3) is 0.364. The van der Waals surface area contributed by atoms with Crippen LogP contribution >= 0.6 is 0 Å². The van der Waals surface area contributed by atoms with Gasteiger partial charge in [-0.05, 0) is 38.1 Å². The molecule has 0 bridgehead atoms. The predicted octanol–water partition coefficient (Wildman–Crippen LogP) is 1.96. The highest BCUT2D eigenvalue weighted by molar-refractivity contribution is 5.62. The lowest BCUT2D eigenvalue weighted by Gasteiger charge is -2.18. The Morgan fingerprint density at radius 2 is 1.64 bits per heavy atom. The first-order chi connectivity index (χ1) is 6.57. The van der Waals surface area contributed by atoms with Gasteiger partial charge in [-0.3, -0.25) is 4.79 Å². The van der Waals surface area contributed by atoms with Crippen molar-refractivity contribution in [3.05, 3.63) is 24.3 Å². The fourth-order valence-corrected chi connectivity index (χ4v) is 0.959. The lowest BCUT2D eigenvalue weighted by atomic mass is 10.2. The van der Waals surface area contributed by atoms with Gasteiger partial charge in [0.05, 0.1) is 7.11 Å². The predicted molar refractivity (Wildman–Crippen MR) is 53.4 cm³/mol. The van der Waals surface area contributed by atoms with Crippen LogP contribution < -0.4 is 9.47 Å². The zero-order valence-electron chi connectivity index (χ0n) is 8.53. The summed E-state index contributed by atoms with van der Waals surface area (Å²) in [4.78, 5) is 10.5. The van der Waals surface area contributed by atoms with Gasteiger partial charge in [0.1, 0.15) is 11.5 Å². The SMILES string of the molecule is COc1ccc(OC(C)(C)[C]=O)cc1. The Labute approximate surface area is 83.6 Å². The minimum absolute atomic E-state index is 0.624. The Morgan fingerprint density at radius 3 is 2.07 bits per heavy atom. The van der Waals surface area contributed by atoms with Crippen molar-refractivity contribution in [2.24, 2.45) is 0 Å². The van der Waals surface area contributed by atoms with Gasteiger partial charge in [0.25, 0.3) is 0 Å². The van der Waals surface area contributed by atoms with Crippen molar-refractivity contribution >= 4 is 6.29 Å². The molecule has 0 spiro atoms. The molecule has 1 aromatic rings. The average Bonchev–Trinajstić information content (AvgIpc) is 2.19. The van der Waals surface area contributed by atoms with Gasteiger partial charge in [-0.2, -0.15) is 0 Å². The third kappa shape index (κ3) is 2.76. The molecule has 0 atom stereocenters. The first-order valence-corrected chi connectivity index (χ1v) is 4.30. The van der Waals surface area contributed by atoms with Crippen molar-refractivity contribution in [2.75, 3.05) is 7.11 Å². The van der Waals surface area contributed by atoms with Crippen molar-refractivity contribution in [3.63, 3.8) is 0 Å². The van der Waals surface area contributed by atoms with Crippen molar-refractivity contribution in [1.82, 2.24) is 0 Å². The fourth-order valence-electron chi connectivity index (χ4n) is 0.959. The first-order valence-electron chi connectivity index (χ1n) is 4.30. The lowest BCUT2D eigenvalue weighted by molar-refractivity contribution is 0.176. The van der Waals surface area contributed by atoms with E-state index in [1.54, 1.807) is 45.2 Å². The standard InChI is InChI=1S/C11H13O3/c1-11(2,8-12)14-10-6-4-9(13-3)5-7-10/h4-7H,1-3H3. The number of carbonyl (C=O) groups excluding carboxylic acids is 1. The van der Waals surface area contributed by atoms with Gasteiger partial charge in [-0.1, -0.05) is 0 Å². The van der Waals surface area contributed by atoms with E-state index >= 15 is 0 Å². The Bertz CT molecular complexity index is 301. The second kappa shape index (κ2) is 4.13. The van der Waals surface area contributed by atoms with Crippen LogP contribution in [0, 0.1) is 0 Å². The number of rotatable bonds is 4. The first kappa shape index (κ1) is 10.6.